The maximum atomic E-state index is 13.1. The Hall–Kier alpha value is -2.28. The lowest BCUT2D eigenvalue weighted by molar-refractivity contribution is 0.626. The zero-order chi connectivity index (χ0) is 17.1. The van der Waals surface area contributed by atoms with E-state index in [9.17, 15) is 4.39 Å². The van der Waals surface area contributed by atoms with E-state index >= 15 is 0 Å². The van der Waals surface area contributed by atoms with Gasteiger partial charge in [0.25, 0.3) is 0 Å². The average Bonchev–Trinajstić information content (AvgIpc) is 3.03. The Kier molecular flexibility index (Phi) is 4.89. The highest BCUT2D eigenvalue weighted by Gasteiger charge is 2.17. The second-order valence-electron chi connectivity index (χ2n) is 5.42. The first-order valence-electron chi connectivity index (χ1n) is 7.59. The molecule has 3 rings (SSSR count). The van der Waals surface area contributed by atoms with Crippen molar-refractivity contribution in [3.63, 3.8) is 0 Å². The van der Waals surface area contributed by atoms with E-state index in [1.165, 1.54) is 10.9 Å². The van der Waals surface area contributed by atoms with Crippen molar-refractivity contribution in [1.29, 1.82) is 0 Å². The van der Waals surface area contributed by atoms with E-state index < -0.39 is 0 Å². The van der Waals surface area contributed by atoms with E-state index in [0.29, 0.717) is 5.82 Å². The minimum atomic E-state index is -0.381. The lowest BCUT2D eigenvalue weighted by Gasteiger charge is -2.28. The van der Waals surface area contributed by atoms with Crippen LogP contribution >= 0.6 is 15.9 Å². The molecule has 0 aromatic carbocycles. The Morgan fingerprint density at radius 1 is 1.17 bits per heavy atom. The fraction of sp³-hybridized carbons (Fsp3) is 0.235. The van der Waals surface area contributed by atoms with Crippen LogP contribution in [0.5, 0.6) is 0 Å². The van der Waals surface area contributed by atoms with Crippen LogP contribution in [-0.4, -0.2) is 26.8 Å². The molecule has 1 atom stereocenters. The third-order valence-electron chi connectivity index (χ3n) is 3.87. The average molecular weight is 390 g/mol. The third kappa shape index (κ3) is 3.46. The fourth-order valence-corrected chi connectivity index (χ4v) is 2.86. The molecular weight excluding hydrogens is 373 g/mol. The summed E-state index contributed by atoms with van der Waals surface area (Å²) in [4.78, 5) is 11.0. The van der Waals surface area contributed by atoms with Gasteiger partial charge in [0.05, 0.1) is 18.4 Å². The van der Waals surface area contributed by atoms with E-state index in [2.05, 4.69) is 42.8 Å². The molecular formula is C17H17BrFN5. The summed E-state index contributed by atoms with van der Waals surface area (Å²) >= 11 is 3.40. The van der Waals surface area contributed by atoms with E-state index in [-0.39, 0.29) is 11.9 Å². The van der Waals surface area contributed by atoms with Gasteiger partial charge in [0.2, 0.25) is 0 Å². The second kappa shape index (κ2) is 7.09. The molecule has 124 valence electrons. The first kappa shape index (κ1) is 16.6. The Bertz CT molecular complexity index is 801. The van der Waals surface area contributed by atoms with Crippen LogP contribution in [0.25, 0.3) is 5.82 Å². The lowest BCUT2D eigenvalue weighted by atomic mass is 10.1. The van der Waals surface area contributed by atoms with Crippen molar-refractivity contribution in [2.75, 3.05) is 11.9 Å². The number of hydrogen-bond acceptors (Lipinski definition) is 4. The number of anilines is 1. The van der Waals surface area contributed by atoms with Gasteiger partial charge in [-0.05, 0) is 46.1 Å². The van der Waals surface area contributed by atoms with Crippen LogP contribution in [0.3, 0.4) is 0 Å². The molecule has 7 heteroatoms. The summed E-state index contributed by atoms with van der Waals surface area (Å²) in [5, 5.41) is 3.93. The van der Waals surface area contributed by atoms with Gasteiger partial charge in [-0.15, -0.1) is 0 Å². The molecule has 0 aliphatic rings. The molecule has 0 bridgehead atoms. The normalized spacial score (nSPS) is 12.2. The van der Waals surface area contributed by atoms with E-state index in [0.717, 1.165) is 28.5 Å². The van der Waals surface area contributed by atoms with Crippen molar-refractivity contribution in [1.82, 2.24) is 19.7 Å². The van der Waals surface area contributed by atoms with Gasteiger partial charge < -0.3 is 4.90 Å². The Balaban J connectivity index is 1.84. The molecule has 0 aliphatic carbocycles. The summed E-state index contributed by atoms with van der Waals surface area (Å²) < 4.78 is 15.4. The highest BCUT2D eigenvalue weighted by molar-refractivity contribution is 9.10. The number of nitrogens with zero attached hydrogens (tertiary/aromatic N) is 5. The van der Waals surface area contributed by atoms with Crippen LogP contribution < -0.4 is 4.90 Å². The van der Waals surface area contributed by atoms with E-state index in [1.54, 1.807) is 12.4 Å². The molecule has 0 aliphatic heterocycles. The van der Waals surface area contributed by atoms with E-state index in [1.807, 2.05) is 31.3 Å². The number of hydrogen-bond donors (Lipinski definition) is 0. The summed E-state index contributed by atoms with van der Waals surface area (Å²) in [5.41, 5.74) is 1.07. The maximum Gasteiger partial charge on any atom is 0.161 e. The second-order valence-corrected chi connectivity index (χ2v) is 6.34. The topological polar surface area (TPSA) is 46.8 Å². The zero-order valence-electron chi connectivity index (χ0n) is 13.4. The molecule has 0 radical (unpaired) electrons. The van der Waals surface area contributed by atoms with Crippen molar-refractivity contribution in [2.45, 2.75) is 19.4 Å². The summed E-state index contributed by atoms with van der Waals surface area (Å²) in [7, 11) is 2.02. The number of aromatic nitrogens is 4. The largest absolute Gasteiger partial charge is 0.353 e. The van der Waals surface area contributed by atoms with Gasteiger partial charge in [-0.1, -0.05) is 13.0 Å². The quantitative estimate of drug-likeness (QED) is 0.657. The molecule has 0 saturated heterocycles. The van der Waals surface area contributed by atoms with Gasteiger partial charge in [-0.25, -0.2) is 19.0 Å². The van der Waals surface area contributed by atoms with Crippen molar-refractivity contribution in [2.24, 2.45) is 0 Å². The number of halogens is 2. The first-order valence-corrected chi connectivity index (χ1v) is 8.38. The first-order chi connectivity index (χ1) is 11.6. The highest BCUT2D eigenvalue weighted by atomic mass is 79.9. The minimum absolute atomic E-state index is 0.148. The van der Waals surface area contributed by atoms with Crippen LogP contribution in [0.1, 0.15) is 24.9 Å². The Morgan fingerprint density at radius 2 is 2.00 bits per heavy atom. The van der Waals surface area contributed by atoms with Gasteiger partial charge in [0.1, 0.15) is 5.82 Å². The molecule has 0 saturated carbocycles. The maximum absolute atomic E-state index is 13.1. The predicted molar refractivity (Wildman–Crippen MR) is 94.7 cm³/mol. The summed E-state index contributed by atoms with van der Waals surface area (Å²) in [6.07, 6.45) is 6.96. The molecule has 24 heavy (non-hydrogen) atoms. The molecule has 0 N–H and O–H groups in total. The van der Waals surface area contributed by atoms with Crippen LogP contribution in [0, 0.1) is 5.82 Å². The monoisotopic (exact) mass is 389 g/mol. The highest BCUT2D eigenvalue weighted by Crippen LogP contribution is 2.27. The van der Waals surface area contributed by atoms with Crippen LogP contribution in [0.15, 0.2) is 53.5 Å². The van der Waals surface area contributed by atoms with Crippen molar-refractivity contribution in [3.05, 3.63) is 64.9 Å². The van der Waals surface area contributed by atoms with Crippen molar-refractivity contribution in [3.8, 4) is 5.82 Å². The van der Waals surface area contributed by atoms with Gasteiger partial charge in [-0.2, -0.15) is 5.10 Å². The van der Waals surface area contributed by atoms with Crippen LogP contribution in [0.2, 0.25) is 0 Å². The summed E-state index contributed by atoms with van der Waals surface area (Å²) in [5.74, 6) is 1.10. The lowest BCUT2D eigenvalue weighted by Crippen LogP contribution is -2.24. The van der Waals surface area contributed by atoms with Gasteiger partial charge >= 0.3 is 0 Å². The molecule has 0 spiro atoms. The number of rotatable bonds is 5. The summed E-state index contributed by atoms with van der Waals surface area (Å²) in [6, 6.07) is 7.92. The molecule has 0 unspecified atom stereocenters. The van der Waals surface area contributed by atoms with Crippen molar-refractivity contribution < 1.29 is 4.39 Å². The smallest absolute Gasteiger partial charge is 0.161 e. The Labute approximate surface area is 148 Å². The Morgan fingerprint density at radius 3 is 2.54 bits per heavy atom. The predicted octanol–water partition coefficient (Wildman–Crippen LogP) is 4.15. The zero-order valence-corrected chi connectivity index (χ0v) is 15.0. The molecule has 0 amide bonds. The molecule has 3 aromatic heterocycles. The third-order valence-corrected chi connectivity index (χ3v) is 4.34. The van der Waals surface area contributed by atoms with Crippen LogP contribution in [0.4, 0.5) is 10.2 Å². The van der Waals surface area contributed by atoms with Crippen LogP contribution in [-0.2, 0) is 0 Å². The standard InChI is InChI=1S/C17H17BrFN5/c1-3-15(23(2)16-7-5-13(18)9-21-16)12-4-6-17(20-8-12)24-11-14(19)10-22-24/h4-11,15H,3H2,1-2H3/t15-/m0/s1. The SMILES string of the molecule is CC[C@@H](c1ccc(-n2cc(F)cn2)nc1)N(C)c1ccc(Br)cn1. The molecule has 5 nitrogen and oxygen atoms in total. The van der Waals surface area contributed by atoms with Gasteiger partial charge in [0.15, 0.2) is 11.6 Å². The van der Waals surface area contributed by atoms with E-state index in [4.69, 9.17) is 0 Å². The molecule has 3 aromatic rings. The molecule has 0 fully saturated rings. The fourth-order valence-electron chi connectivity index (χ4n) is 2.63. The molecule has 3 heterocycles. The minimum Gasteiger partial charge on any atom is -0.353 e. The van der Waals surface area contributed by atoms with Gasteiger partial charge in [-0.3, -0.25) is 0 Å². The van der Waals surface area contributed by atoms with Crippen molar-refractivity contribution >= 4 is 21.7 Å². The van der Waals surface area contributed by atoms with Gasteiger partial charge in [0, 0.05) is 23.9 Å². The summed E-state index contributed by atoms with van der Waals surface area (Å²) in [6.45, 7) is 2.12. The number of pyridine rings is 2.